The minimum Gasteiger partial charge on any atom is -0.304 e. The maximum atomic E-state index is 13.8. The minimum absolute atomic E-state index is 0.227. The van der Waals surface area contributed by atoms with Gasteiger partial charge >= 0.3 is 0 Å². The van der Waals surface area contributed by atoms with Crippen molar-refractivity contribution in [3.8, 4) is 0 Å². The van der Waals surface area contributed by atoms with Gasteiger partial charge in [-0.2, -0.15) is 5.01 Å². The lowest BCUT2D eigenvalue weighted by Gasteiger charge is -2.29. The second kappa shape index (κ2) is 7.56. The number of thioether (sulfide) groups is 1. The molecule has 1 spiro atoms. The van der Waals surface area contributed by atoms with Gasteiger partial charge in [0, 0.05) is 31.8 Å². The van der Waals surface area contributed by atoms with E-state index in [0.29, 0.717) is 12.1 Å². The topological polar surface area (TPSA) is 95.0 Å². The minimum atomic E-state index is -1.38. The molecular weight excluding hydrogens is 402 g/mol. The molecule has 0 saturated heterocycles. The molecule has 0 bridgehead atoms. The summed E-state index contributed by atoms with van der Waals surface area (Å²) in [7, 11) is 0. The third kappa shape index (κ3) is 3.15. The van der Waals surface area contributed by atoms with Crippen molar-refractivity contribution in [2.45, 2.75) is 38.6 Å². The zero-order valence-electron chi connectivity index (χ0n) is 16.9. The number of amidine groups is 1. The van der Waals surface area contributed by atoms with Crippen molar-refractivity contribution in [1.82, 2.24) is 15.3 Å². The molecule has 30 heavy (non-hydrogen) atoms. The number of nitrogens with one attached hydrogen (secondary N) is 1. The highest BCUT2D eigenvalue weighted by atomic mass is 32.2. The third-order valence-electron chi connectivity index (χ3n) is 5.06. The van der Waals surface area contributed by atoms with Gasteiger partial charge in [-0.05, 0) is 53.6 Å². The van der Waals surface area contributed by atoms with Crippen LogP contribution in [0.15, 0.2) is 47.8 Å². The molecule has 2 aromatic rings. The monoisotopic (exact) mass is 423 g/mol. The van der Waals surface area contributed by atoms with Gasteiger partial charge in [0.15, 0.2) is 5.17 Å². The Morgan fingerprint density at radius 2 is 1.87 bits per heavy atom. The molecule has 0 fully saturated rings. The first kappa shape index (κ1) is 20.1. The lowest BCUT2D eigenvalue weighted by molar-refractivity contribution is -0.139. The van der Waals surface area contributed by atoms with Crippen LogP contribution in [-0.4, -0.2) is 32.9 Å². The lowest BCUT2D eigenvalue weighted by atomic mass is 10.0. The van der Waals surface area contributed by atoms with Crippen LogP contribution in [0.1, 0.15) is 37.5 Å². The highest BCUT2D eigenvalue weighted by Crippen LogP contribution is 2.55. The van der Waals surface area contributed by atoms with Crippen molar-refractivity contribution >= 4 is 40.3 Å². The summed E-state index contributed by atoms with van der Waals surface area (Å²) in [5, 5.41) is 8.32. The second-order valence-electron chi connectivity index (χ2n) is 7.12. The molecular formula is C21H21N5O3S. The fourth-order valence-electron chi connectivity index (χ4n) is 3.71. The van der Waals surface area contributed by atoms with Crippen LogP contribution in [-0.2, 0) is 32.2 Å². The number of rotatable bonds is 3. The maximum Gasteiger partial charge on any atom is 0.271 e. The first-order chi connectivity index (χ1) is 14.4. The van der Waals surface area contributed by atoms with E-state index >= 15 is 0 Å². The van der Waals surface area contributed by atoms with Gasteiger partial charge in [-0.15, -0.1) is 5.10 Å². The van der Waals surface area contributed by atoms with E-state index in [4.69, 9.17) is 0 Å². The third-order valence-corrected chi connectivity index (χ3v) is 6.30. The summed E-state index contributed by atoms with van der Waals surface area (Å²) < 4.78 is 0. The number of hydrogen-bond acceptors (Lipinski definition) is 6. The van der Waals surface area contributed by atoms with E-state index in [2.05, 4.69) is 15.4 Å². The summed E-state index contributed by atoms with van der Waals surface area (Å²) in [6.45, 7) is 5.10. The Balaban J connectivity index is 1.85. The number of anilines is 1. The molecule has 1 aromatic carbocycles. The Labute approximate surface area is 178 Å². The number of amides is 3. The molecule has 0 saturated carbocycles. The van der Waals surface area contributed by atoms with Crippen molar-refractivity contribution in [1.29, 1.82) is 0 Å². The number of carbonyl (C=O) groups excluding carboxylic acids is 3. The molecule has 4 rings (SSSR count). The fourth-order valence-corrected chi connectivity index (χ4v) is 5.03. The van der Waals surface area contributed by atoms with E-state index in [-0.39, 0.29) is 22.9 Å². The molecule has 1 aromatic heterocycles. The molecule has 154 valence electrons. The van der Waals surface area contributed by atoms with Crippen LogP contribution in [0.25, 0.3) is 0 Å². The molecule has 8 nitrogen and oxygen atoms in total. The fraction of sp³-hybridized carbons (Fsp3) is 0.286. The predicted octanol–water partition coefficient (Wildman–Crippen LogP) is 2.35. The van der Waals surface area contributed by atoms with Crippen molar-refractivity contribution in [3.63, 3.8) is 0 Å². The smallest absolute Gasteiger partial charge is 0.271 e. The number of hydrogen-bond donors (Lipinski definition) is 1. The van der Waals surface area contributed by atoms with Crippen LogP contribution in [0, 0.1) is 0 Å². The predicted molar refractivity (Wildman–Crippen MR) is 114 cm³/mol. The Hall–Kier alpha value is -3.20. The number of benzene rings is 1. The van der Waals surface area contributed by atoms with Gasteiger partial charge in [-0.3, -0.25) is 19.4 Å². The maximum absolute atomic E-state index is 13.8. The zero-order valence-corrected chi connectivity index (χ0v) is 17.7. The molecule has 1 atom stereocenters. The summed E-state index contributed by atoms with van der Waals surface area (Å²) in [5.41, 5.74) is 3.39. The number of aryl methyl sites for hydroxylation is 1. The molecule has 9 heteroatoms. The number of hydrazone groups is 1. The van der Waals surface area contributed by atoms with Crippen molar-refractivity contribution in [3.05, 3.63) is 59.4 Å². The first-order valence-corrected chi connectivity index (χ1v) is 10.4. The first-order valence-electron chi connectivity index (χ1n) is 9.57. The van der Waals surface area contributed by atoms with Crippen molar-refractivity contribution in [2.24, 2.45) is 5.10 Å². The summed E-state index contributed by atoms with van der Waals surface area (Å²) in [4.78, 5) is 42.3. The summed E-state index contributed by atoms with van der Waals surface area (Å²) in [6, 6.07) is 9.55. The molecule has 2 aliphatic rings. The lowest BCUT2D eigenvalue weighted by Crippen LogP contribution is -2.48. The van der Waals surface area contributed by atoms with E-state index in [1.54, 1.807) is 17.3 Å². The largest absolute Gasteiger partial charge is 0.304 e. The molecule has 0 radical (unpaired) electrons. The van der Waals surface area contributed by atoms with E-state index in [9.17, 15) is 14.4 Å². The SMILES string of the molecule is CCc1ccc2c(c1)[C@@]1(SC(NC(C)=O)=NN1C(C)=O)C(=O)N2Cc1ccncc1. The van der Waals surface area contributed by atoms with Gasteiger partial charge in [0.2, 0.25) is 16.7 Å². The molecule has 0 aliphatic carbocycles. The Morgan fingerprint density at radius 1 is 1.13 bits per heavy atom. The van der Waals surface area contributed by atoms with E-state index in [1.807, 2.05) is 37.3 Å². The molecule has 0 unspecified atom stereocenters. The van der Waals surface area contributed by atoms with Gasteiger partial charge < -0.3 is 10.2 Å². The molecule has 3 amide bonds. The van der Waals surface area contributed by atoms with Crippen LogP contribution in [0.2, 0.25) is 0 Å². The van der Waals surface area contributed by atoms with Crippen LogP contribution in [0.3, 0.4) is 0 Å². The highest BCUT2D eigenvalue weighted by Gasteiger charge is 2.61. The number of fused-ring (bicyclic) bond motifs is 2. The van der Waals surface area contributed by atoms with Crippen LogP contribution in [0.4, 0.5) is 5.69 Å². The standard InChI is InChI=1S/C21H21N5O3S/c1-4-15-5-6-18-17(11-15)21(19(29)25(18)12-16-7-9-22-10-8-16)26(14(3)28)24-20(30-21)23-13(2)27/h5-11H,4,12H2,1-3H3,(H,23,24,27)/t21-/m1/s1. The second-order valence-corrected chi connectivity index (χ2v) is 8.30. The van der Waals surface area contributed by atoms with E-state index in [1.165, 1.54) is 18.9 Å². The van der Waals surface area contributed by atoms with Crippen LogP contribution >= 0.6 is 11.8 Å². The zero-order chi connectivity index (χ0) is 21.5. The van der Waals surface area contributed by atoms with Gasteiger partial charge in [0.05, 0.1) is 12.2 Å². The Bertz CT molecular complexity index is 1070. The summed E-state index contributed by atoms with van der Waals surface area (Å²) in [5.74, 6) is -0.967. The summed E-state index contributed by atoms with van der Waals surface area (Å²) >= 11 is 1.09. The van der Waals surface area contributed by atoms with Crippen LogP contribution < -0.4 is 10.2 Å². The number of aromatic nitrogens is 1. The molecule has 1 N–H and O–H groups in total. The van der Waals surface area contributed by atoms with E-state index < -0.39 is 4.87 Å². The Morgan fingerprint density at radius 3 is 2.50 bits per heavy atom. The average Bonchev–Trinajstić information content (AvgIpc) is 3.20. The number of carbonyl (C=O) groups is 3. The van der Waals surface area contributed by atoms with Gasteiger partial charge in [0.25, 0.3) is 5.91 Å². The summed E-state index contributed by atoms with van der Waals surface area (Å²) in [6.07, 6.45) is 4.14. The average molecular weight is 423 g/mol. The molecule has 2 aliphatic heterocycles. The van der Waals surface area contributed by atoms with Gasteiger partial charge in [-0.25, -0.2) is 0 Å². The van der Waals surface area contributed by atoms with Crippen molar-refractivity contribution < 1.29 is 14.4 Å². The Kier molecular flexibility index (Phi) is 5.07. The highest BCUT2D eigenvalue weighted by molar-refractivity contribution is 8.15. The van der Waals surface area contributed by atoms with E-state index in [0.717, 1.165) is 35.0 Å². The van der Waals surface area contributed by atoms with Gasteiger partial charge in [0.1, 0.15) is 0 Å². The molecule has 3 heterocycles. The number of nitrogens with zero attached hydrogens (tertiary/aromatic N) is 4. The van der Waals surface area contributed by atoms with Crippen LogP contribution in [0.5, 0.6) is 0 Å². The van der Waals surface area contributed by atoms with Gasteiger partial charge in [-0.1, -0.05) is 13.0 Å². The number of pyridine rings is 1. The quantitative estimate of drug-likeness (QED) is 0.818. The van der Waals surface area contributed by atoms with Crippen molar-refractivity contribution in [2.75, 3.05) is 4.90 Å². The normalized spacial score (nSPS) is 19.8.